The fraction of sp³-hybridized carbons (Fsp3) is 0.0189. The maximum Gasteiger partial charge on any atom is 0.186 e. The Hall–Kier alpha value is -6.94. The molecule has 0 unspecified atom stereocenters. The SMILES string of the molecule is c1ccc(-c2c([Si](c3ccccc3)(c3ccccc3)c3ccccc3)c3c(n2-c2ccccc2)C(c2ccccc2)(c2ccccc2)c2ccccc2O3)cc1. The molecule has 0 radical (unpaired) electrons. The van der Waals surface area contributed by atoms with Crippen molar-refractivity contribution in [3.63, 3.8) is 0 Å². The molecule has 10 rings (SSSR count). The fourth-order valence-electron chi connectivity index (χ4n) is 9.27. The van der Waals surface area contributed by atoms with Crippen molar-refractivity contribution >= 4 is 28.8 Å². The zero-order valence-electron chi connectivity index (χ0n) is 30.9. The van der Waals surface area contributed by atoms with E-state index in [1.807, 2.05) is 0 Å². The van der Waals surface area contributed by atoms with Gasteiger partial charge in [0.1, 0.15) is 5.75 Å². The summed E-state index contributed by atoms with van der Waals surface area (Å²) < 4.78 is 10.2. The van der Waals surface area contributed by atoms with Crippen LogP contribution in [0.4, 0.5) is 0 Å². The molecule has 1 aliphatic rings. The number of fused-ring (bicyclic) bond motifs is 2. The molecule has 0 atom stereocenters. The van der Waals surface area contributed by atoms with Gasteiger partial charge >= 0.3 is 0 Å². The molecule has 1 aromatic heterocycles. The molecule has 9 aromatic rings. The van der Waals surface area contributed by atoms with Gasteiger partial charge in [0, 0.05) is 16.4 Å². The van der Waals surface area contributed by atoms with Crippen LogP contribution in [0.3, 0.4) is 0 Å². The van der Waals surface area contributed by atoms with Gasteiger partial charge in [0.25, 0.3) is 0 Å². The van der Waals surface area contributed by atoms with E-state index < -0.39 is 13.5 Å². The predicted molar refractivity (Wildman–Crippen MR) is 233 cm³/mol. The highest BCUT2D eigenvalue weighted by Crippen LogP contribution is 2.57. The first-order valence-electron chi connectivity index (χ1n) is 19.3. The molecule has 0 saturated carbocycles. The summed E-state index contributed by atoms with van der Waals surface area (Å²) in [7, 11) is -3.25. The minimum atomic E-state index is -3.25. The van der Waals surface area contributed by atoms with Crippen LogP contribution in [0.25, 0.3) is 16.9 Å². The largest absolute Gasteiger partial charge is 0.455 e. The summed E-state index contributed by atoms with van der Waals surface area (Å²) in [6.45, 7) is 0. The topological polar surface area (TPSA) is 14.2 Å². The quantitative estimate of drug-likeness (QED) is 0.112. The molecule has 0 amide bonds. The third-order valence-corrected chi connectivity index (χ3v) is 16.3. The molecule has 0 spiro atoms. The van der Waals surface area contributed by atoms with Gasteiger partial charge in [-0.3, -0.25) is 0 Å². The highest BCUT2D eigenvalue weighted by molar-refractivity contribution is 7.20. The standard InChI is InChI=1S/C53H39NOSi/c1-8-24-40(25-9-1)49-51(56(44-32-16-5-17-33-44,45-34-18-6-19-35-45)46-36-20-7-21-37-46)50-52(54(49)43-30-14-4-15-31-43)53(41-26-10-2-11-27-41,42-28-12-3-13-29-42)47-38-22-23-39-48(47)55-50/h1-39H. The summed E-state index contributed by atoms with van der Waals surface area (Å²) in [6.07, 6.45) is 0. The first kappa shape index (κ1) is 33.6. The van der Waals surface area contributed by atoms with Crippen LogP contribution < -0.4 is 25.5 Å². The van der Waals surface area contributed by atoms with E-state index in [4.69, 9.17) is 4.74 Å². The van der Waals surface area contributed by atoms with E-state index in [0.717, 1.165) is 39.7 Å². The molecule has 3 heteroatoms. The smallest absolute Gasteiger partial charge is 0.186 e. The first-order valence-corrected chi connectivity index (χ1v) is 21.3. The molecule has 2 heterocycles. The van der Waals surface area contributed by atoms with Gasteiger partial charge in [-0.05, 0) is 50.4 Å². The summed E-state index contributed by atoms with van der Waals surface area (Å²) in [6, 6.07) is 86.2. The van der Waals surface area contributed by atoms with Crippen LogP contribution in [0.5, 0.6) is 11.5 Å². The van der Waals surface area contributed by atoms with Crippen molar-refractivity contribution in [1.29, 1.82) is 0 Å². The zero-order valence-corrected chi connectivity index (χ0v) is 31.9. The monoisotopic (exact) mass is 733 g/mol. The van der Waals surface area contributed by atoms with Gasteiger partial charge in [0.05, 0.1) is 16.8 Å². The number of benzene rings is 8. The average Bonchev–Trinajstić information content (AvgIpc) is 3.63. The van der Waals surface area contributed by atoms with Crippen molar-refractivity contribution in [3.05, 3.63) is 259 Å². The fourth-order valence-corrected chi connectivity index (χ4v) is 14.3. The van der Waals surface area contributed by atoms with Crippen molar-refractivity contribution < 1.29 is 4.74 Å². The third-order valence-electron chi connectivity index (χ3n) is 11.5. The Morgan fingerprint density at radius 1 is 0.393 bits per heavy atom. The van der Waals surface area contributed by atoms with Crippen LogP contribution in [-0.4, -0.2) is 12.6 Å². The molecule has 1 aliphatic heterocycles. The maximum atomic E-state index is 7.66. The lowest BCUT2D eigenvalue weighted by atomic mass is 9.65. The van der Waals surface area contributed by atoms with Gasteiger partial charge in [-0.2, -0.15) is 0 Å². The van der Waals surface area contributed by atoms with Crippen LogP contribution in [-0.2, 0) is 5.41 Å². The van der Waals surface area contributed by atoms with Crippen molar-refractivity contribution in [1.82, 2.24) is 4.57 Å². The second-order valence-electron chi connectivity index (χ2n) is 14.4. The van der Waals surface area contributed by atoms with E-state index in [1.165, 1.54) is 31.9 Å². The van der Waals surface area contributed by atoms with E-state index in [0.29, 0.717) is 0 Å². The molecule has 2 nitrogen and oxygen atoms in total. The Labute approximate surface area is 329 Å². The Kier molecular flexibility index (Phi) is 8.43. The summed E-state index contributed by atoms with van der Waals surface area (Å²) in [4.78, 5) is 0. The summed E-state index contributed by atoms with van der Waals surface area (Å²) in [5.74, 6) is 1.76. The Balaban J connectivity index is 1.53. The molecular formula is C53H39NOSi. The van der Waals surface area contributed by atoms with Crippen LogP contribution >= 0.6 is 0 Å². The highest BCUT2D eigenvalue weighted by atomic mass is 28.3. The van der Waals surface area contributed by atoms with Gasteiger partial charge in [-0.25, -0.2) is 0 Å². The van der Waals surface area contributed by atoms with Crippen LogP contribution in [0.1, 0.15) is 22.4 Å². The Morgan fingerprint density at radius 3 is 1.27 bits per heavy atom. The van der Waals surface area contributed by atoms with E-state index in [9.17, 15) is 0 Å². The van der Waals surface area contributed by atoms with Gasteiger partial charge < -0.3 is 9.30 Å². The minimum absolute atomic E-state index is 0.769. The van der Waals surface area contributed by atoms with Crippen LogP contribution in [0, 0.1) is 0 Å². The summed E-state index contributed by atoms with van der Waals surface area (Å²) >= 11 is 0. The third kappa shape index (κ3) is 5.09. The number of aromatic nitrogens is 1. The molecular weight excluding hydrogens is 695 g/mol. The number of ether oxygens (including phenoxy) is 1. The Bertz CT molecular complexity index is 2600. The van der Waals surface area contributed by atoms with Crippen molar-refractivity contribution in [2.24, 2.45) is 0 Å². The normalized spacial score (nSPS) is 12.9. The van der Waals surface area contributed by atoms with E-state index in [-0.39, 0.29) is 0 Å². The zero-order chi connectivity index (χ0) is 37.4. The maximum absolute atomic E-state index is 7.66. The summed E-state index contributed by atoms with van der Waals surface area (Å²) in [5, 5.41) is 5.08. The summed E-state index contributed by atoms with van der Waals surface area (Å²) in [5.41, 5.74) is 7.12. The van der Waals surface area contributed by atoms with Gasteiger partial charge in [0.15, 0.2) is 13.8 Å². The molecule has 266 valence electrons. The van der Waals surface area contributed by atoms with Crippen molar-refractivity contribution in [2.45, 2.75) is 5.41 Å². The van der Waals surface area contributed by atoms with E-state index >= 15 is 0 Å². The van der Waals surface area contributed by atoms with E-state index in [2.05, 4.69) is 241 Å². The number of hydrogen-bond donors (Lipinski definition) is 0. The lowest BCUT2D eigenvalue weighted by molar-refractivity contribution is 0.431. The Morgan fingerprint density at radius 2 is 0.786 bits per heavy atom. The van der Waals surface area contributed by atoms with E-state index in [1.54, 1.807) is 0 Å². The predicted octanol–water partition coefficient (Wildman–Crippen LogP) is 10.0. The second kappa shape index (κ2) is 14.0. The van der Waals surface area contributed by atoms with Crippen LogP contribution in [0.15, 0.2) is 237 Å². The van der Waals surface area contributed by atoms with Gasteiger partial charge in [-0.1, -0.05) is 218 Å². The molecule has 56 heavy (non-hydrogen) atoms. The van der Waals surface area contributed by atoms with Crippen LogP contribution in [0.2, 0.25) is 0 Å². The first-order chi connectivity index (χ1) is 27.8. The molecule has 0 aliphatic carbocycles. The number of rotatable bonds is 8. The van der Waals surface area contributed by atoms with Crippen molar-refractivity contribution in [2.75, 3.05) is 0 Å². The van der Waals surface area contributed by atoms with Crippen molar-refractivity contribution in [3.8, 4) is 28.4 Å². The molecule has 0 N–H and O–H groups in total. The number of nitrogens with zero attached hydrogens (tertiary/aromatic N) is 1. The number of hydrogen-bond acceptors (Lipinski definition) is 1. The molecule has 0 bridgehead atoms. The molecule has 0 fully saturated rings. The average molecular weight is 734 g/mol. The van der Waals surface area contributed by atoms with Gasteiger partial charge in [0.2, 0.25) is 0 Å². The lowest BCUT2D eigenvalue weighted by Crippen LogP contribution is -2.75. The number of para-hydroxylation sites is 2. The second-order valence-corrected chi connectivity index (χ2v) is 18.1. The molecule has 8 aromatic carbocycles. The highest BCUT2D eigenvalue weighted by Gasteiger charge is 2.55. The van der Waals surface area contributed by atoms with Gasteiger partial charge in [-0.15, -0.1) is 0 Å². The molecule has 0 saturated heterocycles. The lowest BCUT2D eigenvalue weighted by Gasteiger charge is -2.42. The minimum Gasteiger partial charge on any atom is -0.455 e.